The van der Waals surface area contributed by atoms with Crippen LogP contribution in [0.2, 0.25) is 5.02 Å². The van der Waals surface area contributed by atoms with Crippen molar-refractivity contribution in [3.05, 3.63) is 63.9 Å². The van der Waals surface area contributed by atoms with Crippen molar-refractivity contribution in [1.29, 1.82) is 0 Å². The Hall–Kier alpha value is -1.91. The summed E-state index contributed by atoms with van der Waals surface area (Å²) in [6, 6.07) is 9.07. The Morgan fingerprint density at radius 1 is 1.30 bits per heavy atom. The van der Waals surface area contributed by atoms with Crippen molar-refractivity contribution in [2.45, 2.75) is 13.5 Å². The molecule has 2 N–H and O–H groups in total. The maximum absolute atomic E-state index is 13.7. The molecule has 0 saturated carbocycles. The maximum atomic E-state index is 13.7. The van der Waals surface area contributed by atoms with Crippen LogP contribution in [0.1, 0.15) is 21.5 Å². The number of aryl methyl sites for hydroxylation is 1. The van der Waals surface area contributed by atoms with Crippen molar-refractivity contribution in [2.75, 3.05) is 5.32 Å². The van der Waals surface area contributed by atoms with Crippen LogP contribution < -0.4 is 5.32 Å². The summed E-state index contributed by atoms with van der Waals surface area (Å²) in [6.45, 7) is 1.69. The topological polar surface area (TPSA) is 49.3 Å². The summed E-state index contributed by atoms with van der Waals surface area (Å²) in [6.07, 6.45) is 0. The summed E-state index contributed by atoms with van der Waals surface area (Å²) in [5.41, 5.74) is 1.95. The molecule has 5 heteroatoms. The van der Waals surface area contributed by atoms with Crippen molar-refractivity contribution in [3.8, 4) is 0 Å². The van der Waals surface area contributed by atoms with Gasteiger partial charge in [0.05, 0.1) is 12.2 Å². The van der Waals surface area contributed by atoms with Crippen LogP contribution in [0.4, 0.5) is 10.1 Å². The Bertz CT molecular complexity index is 658. The molecule has 2 rings (SSSR count). The van der Waals surface area contributed by atoms with Crippen LogP contribution in [0.3, 0.4) is 0 Å². The fourth-order valence-corrected chi connectivity index (χ4v) is 1.92. The first-order valence-electron chi connectivity index (χ1n) is 5.98. The molecule has 104 valence electrons. The summed E-state index contributed by atoms with van der Waals surface area (Å²) < 4.78 is 13.7. The number of rotatable bonds is 3. The predicted octanol–water partition coefficient (Wildman–Crippen LogP) is 3.53. The van der Waals surface area contributed by atoms with E-state index in [1.807, 2.05) is 6.92 Å². The highest BCUT2D eigenvalue weighted by molar-refractivity contribution is 6.30. The van der Waals surface area contributed by atoms with Gasteiger partial charge < -0.3 is 10.4 Å². The number of carbonyl (C=O) groups is 1. The van der Waals surface area contributed by atoms with E-state index in [0.717, 1.165) is 11.6 Å². The molecule has 0 aromatic heterocycles. The molecule has 0 aliphatic heterocycles. The van der Waals surface area contributed by atoms with Gasteiger partial charge in [0.15, 0.2) is 0 Å². The van der Waals surface area contributed by atoms with Crippen molar-refractivity contribution in [3.63, 3.8) is 0 Å². The number of hydrogen-bond acceptors (Lipinski definition) is 2. The first kappa shape index (κ1) is 14.5. The summed E-state index contributed by atoms with van der Waals surface area (Å²) >= 11 is 5.65. The number of carbonyl (C=O) groups excluding carboxylic acids is 1. The van der Waals surface area contributed by atoms with Crippen LogP contribution >= 0.6 is 11.6 Å². The van der Waals surface area contributed by atoms with Gasteiger partial charge in [0.25, 0.3) is 5.91 Å². The largest absolute Gasteiger partial charge is 0.392 e. The fraction of sp³-hybridized carbons (Fsp3) is 0.133. The number of aliphatic hydroxyl groups excluding tert-OH is 1. The van der Waals surface area contributed by atoms with Crippen molar-refractivity contribution in [1.82, 2.24) is 0 Å². The van der Waals surface area contributed by atoms with E-state index in [2.05, 4.69) is 5.32 Å². The van der Waals surface area contributed by atoms with Gasteiger partial charge in [0, 0.05) is 10.7 Å². The monoisotopic (exact) mass is 293 g/mol. The Labute approximate surface area is 121 Å². The molecule has 0 aliphatic rings. The van der Waals surface area contributed by atoms with E-state index in [-0.39, 0.29) is 17.2 Å². The number of anilines is 1. The van der Waals surface area contributed by atoms with Crippen LogP contribution in [0.25, 0.3) is 0 Å². The number of amides is 1. The Balaban J connectivity index is 2.27. The normalized spacial score (nSPS) is 10.4. The van der Waals surface area contributed by atoms with Crippen molar-refractivity contribution in [2.24, 2.45) is 0 Å². The first-order valence-corrected chi connectivity index (χ1v) is 6.36. The third-order valence-corrected chi connectivity index (χ3v) is 3.14. The fourth-order valence-electron chi connectivity index (χ4n) is 1.77. The zero-order chi connectivity index (χ0) is 14.7. The zero-order valence-corrected chi connectivity index (χ0v) is 11.5. The van der Waals surface area contributed by atoms with Gasteiger partial charge in [0.2, 0.25) is 0 Å². The van der Waals surface area contributed by atoms with Crippen LogP contribution in [0, 0.1) is 12.7 Å². The summed E-state index contributed by atoms with van der Waals surface area (Å²) in [4.78, 5) is 12.0. The highest BCUT2D eigenvalue weighted by Gasteiger charge is 2.13. The zero-order valence-electron chi connectivity index (χ0n) is 10.8. The lowest BCUT2D eigenvalue weighted by molar-refractivity contribution is 0.102. The molecule has 0 unspecified atom stereocenters. The first-order chi connectivity index (χ1) is 9.51. The maximum Gasteiger partial charge on any atom is 0.258 e. The lowest BCUT2D eigenvalue weighted by Crippen LogP contribution is -2.14. The number of benzene rings is 2. The molecule has 0 radical (unpaired) electrons. The molecule has 3 nitrogen and oxygen atoms in total. The summed E-state index contributed by atoms with van der Waals surface area (Å²) in [5.74, 6) is -1.23. The van der Waals surface area contributed by atoms with Crippen LogP contribution in [0.5, 0.6) is 0 Å². The minimum Gasteiger partial charge on any atom is -0.392 e. The highest BCUT2D eigenvalue weighted by Crippen LogP contribution is 2.20. The molecule has 20 heavy (non-hydrogen) atoms. The van der Waals surface area contributed by atoms with E-state index >= 15 is 0 Å². The van der Waals surface area contributed by atoms with Crippen LogP contribution in [-0.2, 0) is 6.61 Å². The lowest BCUT2D eigenvalue weighted by Gasteiger charge is -2.10. The average molecular weight is 294 g/mol. The second-order valence-corrected chi connectivity index (χ2v) is 4.82. The number of halogens is 2. The van der Waals surface area contributed by atoms with E-state index in [4.69, 9.17) is 16.7 Å². The van der Waals surface area contributed by atoms with Gasteiger partial charge in [-0.1, -0.05) is 23.7 Å². The quantitative estimate of drug-likeness (QED) is 0.909. The molecule has 0 fully saturated rings. The van der Waals surface area contributed by atoms with Crippen molar-refractivity contribution >= 4 is 23.2 Å². The standard InChI is InChI=1S/C15H13ClFNO2/c1-9-2-3-10(8-19)6-14(9)18-15(20)12-5-4-11(16)7-13(12)17/h2-7,19H,8H2,1H3,(H,18,20). The molecule has 0 heterocycles. The molecule has 0 saturated heterocycles. The minimum atomic E-state index is -0.675. The number of nitrogens with one attached hydrogen (secondary N) is 1. The lowest BCUT2D eigenvalue weighted by atomic mass is 10.1. The van der Waals surface area contributed by atoms with E-state index in [1.54, 1.807) is 18.2 Å². The minimum absolute atomic E-state index is 0.0804. The molecule has 2 aromatic rings. The summed E-state index contributed by atoms with van der Waals surface area (Å²) in [7, 11) is 0. The van der Waals surface area contributed by atoms with E-state index < -0.39 is 11.7 Å². The predicted molar refractivity (Wildman–Crippen MR) is 76.5 cm³/mol. The SMILES string of the molecule is Cc1ccc(CO)cc1NC(=O)c1ccc(Cl)cc1F. The van der Waals surface area contributed by atoms with Gasteiger partial charge in [-0.25, -0.2) is 4.39 Å². The molecule has 2 aromatic carbocycles. The number of hydrogen-bond donors (Lipinski definition) is 2. The molecular weight excluding hydrogens is 281 g/mol. The van der Waals surface area contributed by atoms with E-state index in [0.29, 0.717) is 11.3 Å². The number of aliphatic hydroxyl groups is 1. The third-order valence-electron chi connectivity index (χ3n) is 2.91. The van der Waals surface area contributed by atoms with Gasteiger partial charge in [0.1, 0.15) is 5.82 Å². The third kappa shape index (κ3) is 3.15. The highest BCUT2D eigenvalue weighted by atomic mass is 35.5. The molecule has 0 atom stereocenters. The molecule has 0 spiro atoms. The van der Waals surface area contributed by atoms with E-state index in [1.165, 1.54) is 12.1 Å². The van der Waals surface area contributed by atoms with Crippen LogP contribution in [-0.4, -0.2) is 11.0 Å². The van der Waals surface area contributed by atoms with Gasteiger partial charge in [-0.3, -0.25) is 4.79 Å². The smallest absolute Gasteiger partial charge is 0.258 e. The second kappa shape index (κ2) is 6.03. The molecule has 1 amide bonds. The van der Waals surface area contributed by atoms with Gasteiger partial charge in [-0.15, -0.1) is 0 Å². The Morgan fingerprint density at radius 3 is 2.70 bits per heavy atom. The van der Waals surface area contributed by atoms with E-state index in [9.17, 15) is 9.18 Å². The average Bonchev–Trinajstić information content (AvgIpc) is 2.41. The van der Waals surface area contributed by atoms with Gasteiger partial charge >= 0.3 is 0 Å². The molecule has 0 aliphatic carbocycles. The Morgan fingerprint density at radius 2 is 2.05 bits per heavy atom. The van der Waals surface area contributed by atoms with Crippen molar-refractivity contribution < 1.29 is 14.3 Å². The van der Waals surface area contributed by atoms with Gasteiger partial charge in [-0.05, 0) is 42.3 Å². The molecule has 0 bridgehead atoms. The molecular formula is C15H13ClFNO2. The van der Waals surface area contributed by atoms with Gasteiger partial charge in [-0.2, -0.15) is 0 Å². The Kier molecular flexibility index (Phi) is 4.37. The second-order valence-electron chi connectivity index (χ2n) is 4.39. The summed E-state index contributed by atoms with van der Waals surface area (Å²) in [5, 5.41) is 12.0. The van der Waals surface area contributed by atoms with Crippen LogP contribution in [0.15, 0.2) is 36.4 Å².